The van der Waals surface area contributed by atoms with Crippen LogP contribution in [0.5, 0.6) is 0 Å². The average molecular weight is 409 g/mol. The van der Waals surface area contributed by atoms with Gasteiger partial charge in [0.25, 0.3) is 0 Å². The molecule has 0 fully saturated rings. The van der Waals surface area contributed by atoms with Crippen molar-refractivity contribution in [3.05, 3.63) is 0 Å². The molecule has 0 rings (SSSR count). The molecular formula is C15H23NO10S. The molecule has 0 aromatic heterocycles. The van der Waals surface area contributed by atoms with Crippen molar-refractivity contribution in [1.82, 2.24) is 5.32 Å². The van der Waals surface area contributed by atoms with Gasteiger partial charge in [-0.3, -0.25) is 24.0 Å². The first-order valence-corrected chi connectivity index (χ1v) is 9.76. The molecule has 0 spiro atoms. The maximum Gasteiger partial charge on any atom is 0.305 e. The van der Waals surface area contributed by atoms with Crippen molar-refractivity contribution in [2.75, 3.05) is 18.1 Å². The Bertz CT molecular complexity index is 685. The number of nitrogens with one attached hydrogen (secondary N) is 1. The molecule has 0 saturated carbocycles. The van der Waals surface area contributed by atoms with Gasteiger partial charge in [0, 0.05) is 19.3 Å². The van der Waals surface area contributed by atoms with Crippen molar-refractivity contribution < 1.29 is 47.3 Å². The smallest absolute Gasteiger partial charge is 0.305 e. The predicted octanol–water partition coefficient (Wildman–Crippen LogP) is -1.01. The lowest BCUT2D eigenvalue weighted by Gasteiger charge is -2.19. The minimum absolute atomic E-state index is 0.103. The van der Waals surface area contributed by atoms with Gasteiger partial charge >= 0.3 is 17.9 Å². The number of carbonyl (C=O) groups excluding carboxylic acids is 3. The molecule has 0 aliphatic rings. The van der Waals surface area contributed by atoms with Gasteiger partial charge < -0.3 is 20.3 Å². The fourth-order valence-electron chi connectivity index (χ4n) is 1.99. The molecule has 11 nitrogen and oxygen atoms in total. The second-order valence-electron chi connectivity index (χ2n) is 5.92. The van der Waals surface area contributed by atoms with Crippen LogP contribution in [0.3, 0.4) is 0 Å². The van der Waals surface area contributed by atoms with Gasteiger partial charge in [-0.2, -0.15) is 0 Å². The molecule has 27 heavy (non-hydrogen) atoms. The number of carbonyl (C=O) groups is 5. The van der Waals surface area contributed by atoms with Gasteiger partial charge in [0.1, 0.15) is 6.04 Å². The lowest BCUT2D eigenvalue weighted by molar-refractivity contribution is -0.147. The van der Waals surface area contributed by atoms with E-state index in [9.17, 15) is 32.4 Å². The minimum Gasteiger partial charge on any atom is -0.481 e. The molecular weight excluding hydrogens is 386 g/mol. The zero-order valence-corrected chi connectivity index (χ0v) is 15.8. The number of rotatable bonds is 13. The second kappa shape index (κ2) is 11.3. The molecule has 0 heterocycles. The first-order chi connectivity index (χ1) is 12.3. The molecule has 2 unspecified atom stereocenters. The number of carboxylic acids is 2. The Morgan fingerprint density at radius 2 is 1.67 bits per heavy atom. The average Bonchev–Trinajstić information content (AvgIpc) is 2.50. The van der Waals surface area contributed by atoms with Crippen LogP contribution in [0.15, 0.2) is 0 Å². The molecule has 0 bridgehead atoms. The summed E-state index contributed by atoms with van der Waals surface area (Å²) in [5.74, 6) is -7.10. The zero-order valence-electron chi connectivity index (χ0n) is 15.0. The molecule has 0 aromatic carbocycles. The second-order valence-corrected chi connectivity index (χ2v) is 8.15. The Kier molecular flexibility index (Phi) is 10.2. The summed E-state index contributed by atoms with van der Waals surface area (Å²) < 4.78 is 28.3. The van der Waals surface area contributed by atoms with E-state index in [0.717, 1.165) is 6.92 Å². The SMILES string of the molecule is CC(=O)OCC(=O)C(CC(=O)O)NC(=O)C(C)CS(=O)(=O)CCCC(=O)O. The normalized spacial score (nSPS) is 13.3. The Hall–Kier alpha value is -2.50. The highest BCUT2D eigenvalue weighted by atomic mass is 32.2. The van der Waals surface area contributed by atoms with Crippen LogP contribution in [0.1, 0.15) is 33.1 Å². The lowest BCUT2D eigenvalue weighted by atomic mass is 10.1. The molecule has 0 saturated heterocycles. The number of hydrogen-bond donors (Lipinski definition) is 3. The summed E-state index contributed by atoms with van der Waals surface area (Å²) in [4.78, 5) is 56.0. The van der Waals surface area contributed by atoms with E-state index in [1.807, 2.05) is 0 Å². The number of Topliss-reactive ketones (excluding diaryl/α,β-unsaturated/α-hetero) is 1. The standard InChI is InChI=1S/C15H23NO10S/c1-9(8-27(24,25)5-3-4-13(19)20)15(23)16-11(6-14(21)22)12(18)7-26-10(2)17/h9,11H,3-8H2,1-2H3,(H,16,23)(H,19,20)(H,21,22). The number of esters is 1. The fraction of sp³-hybridized carbons (Fsp3) is 0.667. The van der Waals surface area contributed by atoms with Gasteiger partial charge in [-0.25, -0.2) is 8.42 Å². The zero-order chi connectivity index (χ0) is 21.2. The number of carboxylic acid groups (broad SMARTS) is 2. The van der Waals surface area contributed by atoms with Crippen LogP contribution in [0.4, 0.5) is 0 Å². The molecule has 0 radical (unpaired) electrons. The van der Waals surface area contributed by atoms with Gasteiger partial charge in [0.2, 0.25) is 5.91 Å². The van der Waals surface area contributed by atoms with E-state index in [0.29, 0.717) is 0 Å². The first kappa shape index (κ1) is 24.5. The topological polar surface area (TPSA) is 181 Å². The minimum atomic E-state index is -3.72. The summed E-state index contributed by atoms with van der Waals surface area (Å²) in [5, 5.41) is 19.5. The van der Waals surface area contributed by atoms with Crippen molar-refractivity contribution in [3.8, 4) is 0 Å². The molecule has 0 aromatic rings. The molecule has 12 heteroatoms. The van der Waals surface area contributed by atoms with Crippen LogP contribution in [0.2, 0.25) is 0 Å². The predicted molar refractivity (Wildman–Crippen MR) is 90.5 cm³/mol. The van der Waals surface area contributed by atoms with E-state index in [1.165, 1.54) is 6.92 Å². The van der Waals surface area contributed by atoms with E-state index >= 15 is 0 Å². The summed E-state index contributed by atoms with van der Waals surface area (Å²) in [6.45, 7) is 1.60. The summed E-state index contributed by atoms with van der Waals surface area (Å²) in [6, 6.07) is -1.48. The number of ketones is 1. The number of hydrogen-bond acceptors (Lipinski definition) is 8. The van der Waals surface area contributed by atoms with Crippen LogP contribution in [-0.2, 0) is 38.5 Å². The van der Waals surface area contributed by atoms with Crippen molar-refractivity contribution in [3.63, 3.8) is 0 Å². The monoisotopic (exact) mass is 409 g/mol. The number of ether oxygens (including phenoxy) is 1. The van der Waals surface area contributed by atoms with Crippen molar-refractivity contribution in [1.29, 1.82) is 0 Å². The van der Waals surface area contributed by atoms with Crippen LogP contribution in [0.25, 0.3) is 0 Å². The highest BCUT2D eigenvalue weighted by Crippen LogP contribution is 2.07. The molecule has 2 atom stereocenters. The molecule has 0 aliphatic carbocycles. The third-order valence-electron chi connectivity index (χ3n) is 3.30. The summed E-state index contributed by atoms with van der Waals surface area (Å²) in [6.07, 6.45) is -1.19. The Balaban J connectivity index is 4.84. The first-order valence-electron chi connectivity index (χ1n) is 7.94. The van der Waals surface area contributed by atoms with E-state index in [4.69, 9.17) is 10.2 Å². The molecule has 1 amide bonds. The van der Waals surface area contributed by atoms with E-state index in [-0.39, 0.29) is 12.8 Å². The number of amides is 1. The third kappa shape index (κ3) is 11.7. The Morgan fingerprint density at radius 1 is 1.07 bits per heavy atom. The molecule has 0 aliphatic heterocycles. The van der Waals surface area contributed by atoms with Gasteiger partial charge in [-0.05, 0) is 6.42 Å². The van der Waals surface area contributed by atoms with Crippen LogP contribution in [0, 0.1) is 5.92 Å². The van der Waals surface area contributed by atoms with Crippen molar-refractivity contribution >= 4 is 39.4 Å². The molecule has 154 valence electrons. The highest BCUT2D eigenvalue weighted by Gasteiger charge is 2.28. The Morgan fingerprint density at radius 3 is 2.15 bits per heavy atom. The quantitative estimate of drug-likeness (QED) is 0.319. The van der Waals surface area contributed by atoms with E-state index in [1.54, 1.807) is 0 Å². The summed E-state index contributed by atoms with van der Waals surface area (Å²) in [5.41, 5.74) is 0. The van der Waals surface area contributed by atoms with Gasteiger partial charge in [-0.1, -0.05) is 6.92 Å². The van der Waals surface area contributed by atoms with Crippen LogP contribution >= 0.6 is 0 Å². The largest absolute Gasteiger partial charge is 0.481 e. The Labute approximate surface area is 156 Å². The number of aliphatic carboxylic acids is 2. The summed E-state index contributed by atoms with van der Waals surface area (Å²) >= 11 is 0. The maximum absolute atomic E-state index is 12.1. The van der Waals surface area contributed by atoms with E-state index < -0.39 is 75.9 Å². The maximum atomic E-state index is 12.1. The van der Waals surface area contributed by atoms with Gasteiger partial charge in [0.15, 0.2) is 22.2 Å². The van der Waals surface area contributed by atoms with Crippen LogP contribution in [-0.4, -0.2) is 72.4 Å². The lowest BCUT2D eigenvalue weighted by Crippen LogP contribution is -2.47. The third-order valence-corrected chi connectivity index (χ3v) is 5.22. The highest BCUT2D eigenvalue weighted by molar-refractivity contribution is 7.91. The molecule has 3 N–H and O–H groups in total. The summed E-state index contributed by atoms with van der Waals surface area (Å²) in [7, 11) is -3.72. The van der Waals surface area contributed by atoms with Gasteiger partial charge in [-0.15, -0.1) is 0 Å². The van der Waals surface area contributed by atoms with Crippen molar-refractivity contribution in [2.24, 2.45) is 5.92 Å². The van der Waals surface area contributed by atoms with Crippen molar-refractivity contribution in [2.45, 2.75) is 39.2 Å². The fourth-order valence-corrected chi connectivity index (χ4v) is 3.65. The number of sulfone groups is 1. The van der Waals surface area contributed by atoms with Crippen LogP contribution < -0.4 is 5.32 Å². The van der Waals surface area contributed by atoms with E-state index in [2.05, 4.69) is 10.1 Å². The van der Waals surface area contributed by atoms with Gasteiger partial charge in [0.05, 0.1) is 17.9 Å².